The number of hydrogen-bond donors (Lipinski definition) is 2. The molecule has 170 valence electrons. The maximum Gasteiger partial charge on any atom is 0.433 e. The first kappa shape index (κ1) is 21.1. The number of carbonyl (C=O) groups excluding carboxylic acids is 2. The van der Waals surface area contributed by atoms with Gasteiger partial charge in [0.1, 0.15) is 0 Å². The van der Waals surface area contributed by atoms with E-state index in [2.05, 4.69) is 20.3 Å². The number of imide groups is 1. The number of rotatable bonds is 3. The Morgan fingerprint density at radius 3 is 2.39 bits per heavy atom. The molecule has 2 amide bonds. The van der Waals surface area contributed by atoms with Gasteiger partial charge in [0.25, 0.3) is 11.8 Å². The highest BCUT2D eigenvalue weighted by Crippen LogP contribution is 2.37. The Balaban J connectivity index is 1.71. The molecule has 2 aliphatic heterocycles. The standard InChI is InChI=1S/C22H19F3N6O2/c1-30-6-8-31(9-7-30)21-27-15(10-16(28-21)22(23,24)25)18-17(19(32)29-20(18)33)13-11-26-14-5-3-2-4-12(13)14/h2-5,10-11,26H,6-9H2,1H3,(H,29,32,33). The van der Waals surface area contributed by atoms with Crippen LogP contribution in [-0.4, -0.2) is 64.9 Å². The molecule has 1 aromatic carbocycles. The Hall–Kier alpha value is -3.73. The maximum absolute atomic E-state index is 13.7. The molecule has 0 unspecified atom stereocenters. The third kappa shape index (κ3) is 3.74. The van der Waals surface area contributed by atoms with Gasteiger partial charge in [0, 0.05) is 48.8 Å². The molecule has 0 saturated carbocycles. The van der Waals surface area contributed by atoms with E-state index in [1.165, 1.54) is 0 Å². The van der Waals surface area contributed by atoms with E-state index in [1.54, 1.807) is 35.4 Å². The van der Waals surface area contributed by atoms with E-state index in [4.69, 9.17) is 0 Å². The smallest absolute Gasteiger partial charge is 0.361 e. The number of anilines is 1. The van der Waals surface area contributed by atoms with E-state index in [-0.39, 0.29) is 22.8 Å². The number of likely N-dealkylation sites (N-methyl/N-ethyl adjacent to an activating group) is 1. The SMILES string of the molecule is CN1CCN(c2nc(C3=C(c4c[nH]c5ccccc45)C(=O)NC3=O)cc(C(F)(F)F)n2)CC1. The lowest BCUT2D eigenvalue weighted by molar-refractivity contribution is -0.141. The number of piperazine rings is 1. The van der Waals surface area contributed by atoms with Crippen LogP contribution < -0.4 is 10.2 Å². The Morgan fingerprint density at radius 1 is 0.970 bits per heavy atom. The zero-order chi connectivity index (χ0) is 23.3. The van der Waals surface area contributed by atoms with Crippen molar-refractivity contribution < 1.29 is 22.8 Å². The zero-order valence-corrected chi connectivity index (χ0v) is 17.5. The molecule has 4 heterocycles. The molecule has 5 rings (SSSR count). The highest BCUT2D eigenvalue weighted by Gasteiger charge is 2.39. The van der Waals surface area contributed by atoms with E-state index in [1.807, 2.05) is 11.9 Å². The van der Waals surface area contributed by atoms with Gasteiger partial charge >= 0.3 is 6.18 Å². The van der Waals surface area contributed by atoms with Gasteiger partial charge in [-0.2, -0.15) is 13.2 Å². The van der Waals surface area contributed by atoms with Crippen molar-refractivity contribution in [2.45, 2.75) is 6.18 Å². The van der Waals surface area contributed by atoms with Crippen LogP contribution in [0.25, 0.3) is 22.0 Å². The molecule has 1 saturated heterocycles. The predicted molar refractivity (Wildman–Crippen MR) is 115 cm³/mol. The number of aromatic nitrogens is 3. The summed E-state index contributed by atoms with van der Waals surface area (Å²) in [6.45, 7) is 2.15. The molecule has 0 spiro atoms. The van der Waals surface area contributed by atoms with Crippen LogP contribution in [0.4, 0.5) is 19.1 Å². The van der Waals surface area contributed by atoms with Crippen LogP contribution in [0.5, 0.6) is 0 Å². The third-order valence-electron chi connectivity index (χ3n) is 5.84. The number of fused-ring (bicyclic) bond motifs is 1. The first-order valence-electron chi connectivity index (χ1n) is 10.3. The van der Waals surface area contributed by atoms with E-state index in [0.717, 1.165) is 11.6 Å². The van der Waals surface area contributed by atoms with Crippen molar-refractivity contribution in [3.8, 4) is 0 Å². The average molecular weight is 456 g/mol. The molecule has 3 aromatic rings. The number of alkyl halides is 3. The van der Waals surface area contributed by atoms with Crippen molar-refractivity contribution >= 4 is 39.8 Å². The Labute approximate surface area is 186 Å². The van der Waals surface area contributed by atoms with Crippen molar-refractivity contribution in [2.24, 2.45) is 0 Å². The zero-order valence-electron chi connectivity index (χ0n) is 17.5. The van der Waals surface area contributed by atoms with E-state index in [9.17, 15) is 22.8 Å². The lowest BCUT2D eigenvalue weighted by Gasteiger charge is -2.32. The number of halogens is 3. The van der Waals surface area contributed by atoms with Gasteiger partial charge < -0.3 is 14.8 Å². The van der Waals surface area contributed by atoms with Crippen LogP contribution in [0.1, 0.15) is 17.0 Å². The van der Waals surface area contributed by atoms with Crippen molar-refractivity contribution in [3.63, 3.8) is 0 Å². The number of para-hydroxylation sites is 1. The van der Waals surface area contributed by atoms with Gasteiger partial charge in [-0.25, -0.2) is 9.97 Å². The Bertz CT molecular complexity index is 1300. The monoisotopic (exact) mass is 456 g/mol. The summed E-state index contributed by atoms with van der Waals surface area (Å²) in [7, 11) is 1.92. The molecule has 2 aromatic heterocycles. The number of carbonyl (C=O) groups is 2. The van der Waals surface area contributed by atoms with E-state index >= 15 is 0 Å². The number of benzene rings is 1. The number of aromatic amines is 1. The highest BCUT2D eigenvalue weighted by atomic mass is 19.4. The second kappa shape index (κ2) is 7.69. The minimum atomic E-state index is -4.75. The molecular formula is C22H19F3N6O2. The fourth-order valence-electron chi connectivity index (χ4n) is 4.09. The summed E-state index contributed by atoms with van der Waals surface area (Å²) in [4.78, 5) is 40.3. The number of nitrogens with one attached hydrogen (secondary N) is 2. The fraction of sp³-hybridized carbons (Fsp3) is 0.273. The first-order valence-corrected chi connectivity index (χ1v) is 10.3. The molecule has 0 bridgehead atoms. The molecule has 8 nitrogen and oxygen atoms in total. The molecular weight excluding hydrogens is 437 g/mol. The predicted octanol–water partition coefficient (Wildman–Crippen LogP) is 2.30. The molecule has 11 heteroatoms. The fourth-order valence-corrected chi connectivity index (χ4v) is 4.09. The number of hydrogen-bond acceptors (Lipinski definition) is 6. The molecule has 2 N–H and O–H groups in total. The third-order valence-corrected chi connectivity index (χ3v) is 5.84. The van der Waals surface area contributed by atoms with Crippen LogP contribution in [-0.2, 0) is 15.8 Å². The van der Waals surface area contributed by atoms with Gasteiger partial charge in [0.05, 0.1) is 16.8 Å². The summed E-state index contributed by atoms with van der Waals surface area (Å²) in [6, 6.07) is 7.86. The molecule has 33 heavy (non-hydrogen) atoms. The van der Waals surface area contributed by atoms with Gasteiger partial charge in [-0.3, -0.25) is 14.9 Å². The van der Waals surface area contributed by atoms with Crippen molar-refractivity contribution in [3.05, 3.63) is 53.5 Å². The van der Waals surface area contributed by atoms with Crippen LogP contribution in [0, 0.1) is 0 Å². The normalized spacial score (nSPS) is 17.9. The quantitative estimate of drug-likeness (QED) is 0.588. The first-order chi connectivity index (χ1) is 15.7. The molecule has 0 atom stereocenters. The second-order valence-electron chi connectivity index (χ2n) is 8.01. The number of nitrogens with zero attached hydrogens (tertiary/aromatic N) is 4. The largest absolute Gasteiger partial charge is 0.433 e. The molecule has 1 fully saturated rings. The summed E-state index contributed by atoms with van der Waals surface area (Å²) >= 11 is 0. The Kier molecular flexibility index (Phi) is 4.93. The number of amides is 2. The van der Waals surface area contributed by atoms with Gasteiger partial charge in [0.15, 0.2) is 5.69 Å². The van der Waals surface area contributed by atoms with E-state index in [0.29, 0.717) is 37.1 Å². The highest BCUT2D eigenvalue weighted by molar-refractivity contribution is 6.49. The van der Waals surface area contributed by atoms with Crippen molar-refractivity contribution in [1.82, 2.24) is 25.2 Å². The lowest BCUT2D eigenvalue weighted by Crippen LogP contribution is -2.45. The summed E-state index contributed by atoms with van der Waals surface area (Å²) in [5, 5.41) is 2.87. The second-order valence-corrected chi connectivity index (χ2v) is 8.01. The van der Waals surface area contributed by atoms with Crippen LogP contribution >= 0.6 is 0 Å². The van der Waals surface area contributed by atoms with Crippen LogP contribution in [0.15, 0.2) is 36.5 Å². The van der Waals surface area contributed by atoms with Crippen LogP contribution in [0.2, 0.25) is 0 Å². The Morgan fingerprint density at radius 2 is 1.67 bits per heavy atom. The van der Waals surface area contributed by atoms with Gasteiger partial charge in [-0.05, 0) is 19.2 Å². The summed E-state index contributed by atoms with van der Waals surface area (Å²) in [6.07, 6.45) is -3.19. The topological polar surface area (TPSA) is 94.2 Å². The van der Waals surface area contributed by atoms with Gasteiger partial charge in [-0.1, -0.05) is 18.2 Å². The minimum Gasteiger partial charge on any atom is -0.361 e. The molecule has 0 radical (unpaired) electrons. The molecule has 0 aliphatic carbocycles. The van der Waals surface area contributed by atoms with Gasteiger partial charge in [0.2, 0.25) is 5.95 Å². The van der Waals surface area contributed by atoms with Crippen LogP contribution in [0.3, 0.4) is 0 Å². The van der Waals surface area contributed by atoms with Crippen molar-refractivity contribution in [1.29, 1.82) is 0 Å². The van der Waals surface area contributed by atoms with E-state index < -0.39 is 23.7 Å². The minimum absolute atomic E-state index is 0.0198. The summed E-state index contributed by atoms with van der Waals surface area (Å²) < 4.78 is 41.1. The summed E-state index contributed by atoms with van der Waals surface area (Å²) in [5.41, 5.74) is -0.489. The lowest BCUT2D eigenvalue weighted by atomic mass is 9.98. The molecule has 2 aliphatic rings. The summed E-state index contributed by atoms with van der Waals surface area (Å²) in [5.74, 6) is -1.60. The average Bonchev–Trinajstić information content (AvgIpc) is 3.32. The maximum atomic E-state index is 13.7. The van der Waals surface area contributed by atoms with Crippen molar-refractivity contribution in [2.75, 3.05) is 38.1 Å². The number of H-pyrrole nitrogens is 1. The van der Waals surface area contributed by atoms with Gasteiger partial charge in [-0.15, -0.1) is 0 Å².